The van der Waals surface area contributed by atoms with Gasteiger partial charge in [-0.05, 0) is 60.3 Å². The summed E-state index contributed by atoms with van der Waals surface area (Å²) < 4.78 is 1.90. The molecule has 1 aromatic heterocycles. The van der Waals surface area contributed by atoms with Crippen molar-refractivity contribution in [3.05, 3.63) is 19.8 Å². The Morgan fingerprint density at radius 2 is 2.19 bits per heavy atom. The Morgan fingerprint density at radius 3 is 2.75 bits per heavy atom. The van der Waals surface area contributed by atoms with Crippen LogP contribution in [0.15, 0.2) is 10.5 Å². The third-order valence-electron chi connectivity index (χ3n) is 2.28. The largest absolute Gasteiger partial charge is 0.316 e. The molecular formula is C12H19BrClNS. The van der Waals surface area contributed by atoms with Crippen molar-refractivity contribution in [1.82, 2.24) is 5.32 Å². The Bertz CT molecular complexity index is 292. The zero-order valence-electron chi connectivity index (χ0n) is 9.85. The van der Waals surface area contributed by atoms with Gasteiger partial charge in [-0.25, -0.2) is 0 Å². The van der Waals surface area contributed by atoms with Crippen LogP contribution in [-0.2, 0) is 6.42 Å². The zero-order chi connectivity index (χ0) is 12.0. The molecular weight excluding hydrogens is 306 g/mol. The Morgan fingerprint density at radius 1 is 1.44 bits per heavy atom. The van der Waals surface area contributed by atoms with Crippen LogP contribution in [0.3, 0.4) is 0 Å². The lowest BCUT2D eigenvalue weighted by atomic mass is 10.2. The predicted molar refractivity (Wildman–Crippen MR) is 77.7 cm³/mol. The summed E-state index contributed by atoms with van der Waals surface area (Å²) in [5, 5.41) is 3.46. The third kappa shape index (κ3) is 5.67. The lowest BCUT2D eigenvalue weighted by Crippen LogP contribution is -2.20. The highest BCUT2D eigenvalue weighted by Crippen LogP contribution is 2.32. The number of hydrogen-bond acceptors (Lipinski definition) is 2. The molecule has 1 N–H and O–H groups in total. The van der Waals surface area contributed by atoms with Crippen LogP contribution in [0.2, 0.25) is 4.34 Å². The van der Waals surface area contributed by atoms with Crippen molar-refractivity contribution in [2.24, 2.45) is 5.92 Å². The normalized spacial score (nSPS) is 11.3. The molecule has 0 bridgehead atoms. The molecule has 0 saturated carbocycles. The summed E-state index contributed by atoms with van der Waals surface area (Å²) in [5.74, 6) is 0.743. The van der Waals surface area contributed by atoms with E-state index in [2.05, 4.69) is 41.2 Å². The van der Waals surface area contributed by atoms with Crippen LogP contribution >= 0.6 is 38.9 Å². The van der Waals surface area contributed by atoms with Crippen LogP contribution in [0.4, 0.5) is 0 Å². The van der Waals surface area contributed by atoms with Gasteiger partial charge in [-0.1, -0.05) is 25.4 Å². The molecule has 0 atom stereocenters. The van der Waals surface area contributed by atoms with Gasteiger partial charge in [0.25, 0.3) is 0 Å². The first-order chi connectivity index (χ1) is 7.59. The predicted octanol–water partition coefficient (Wildman–Crippen LogP) is 4.73. The van der Waals surface area contributed by atoms with Crippen LogP contribution in [0.25, 0.3) is 0 Å². The fraction of sp³-hybridized carbons (Fsp3) is 0.667. The van der Waals surface area contributed by atoms with Gasteiger partial charge < -0.3 is 5.32 Å². The van der Waals surface area contributed by atoms with E-state index in [1.165, 1.54) is 17.7 Å². The first-order valence-electron chi connectivity index (χ1n) is 5.74. The number of hydrogen-bond donors (Lipinski definition) is 1. The Balaban J connectivity index is 2.07. The van der Waals surface area contributed by atoms with Gasteiger partial charge in [0.2, 0.25) is 0 Å². The minimum Gasteiger partial charge on any atom is -0.316 e. The summed E-state index contributed by atoms with van der Waals surface area (Å²) in [7, 11) is 0. The summed E-state index contributed by atoms with van der Waals surface area (Å²) in [6, 6.07) is 2.13. The molecule has 0 fully saturated rings. The molecule has 0 amide bonds. The average molecular weight is 325 g/mol. The van der Waals surface area contributed by atoms with E-state index in [-0.39, 0.29) is 0 Å². The van der Waals surface area contributed by atoms with Gasteiger partial charge in [0.1, 0.15) is 4.34 Å². The van der Waals surface area contributed by atoms with Crippen molar-refractivity contribution in [3.63, 3.8) is 0 Å². The number of halogens is 2. The van der Waals surface area contributed by atoms with Gasteiger partial charge in [0, 0.05) is 9.35 Å². The van der Waals surface area contributed by atoms with Gasteiger partial charge >= 0.3 is 0 Å². The molecule has 92 valence electrons. The lowest BCUT2D eigenvalue weighted by Gasteiger charge is -2.06. The van der Waals surface area contributed by atoms with Crippen molar-refractivity contribution in [2.45, 2.75) is 33.1 Å². The second-order valence-electron chi connectivity index (χ2n) is 4.39. The van der Waals surface area contributed by atoms with E-state index < -0.39 is 0 Å². The van der Waals surface area contributed by atoms with Gasteiger partial charge in [-0.15, -0.1) is 11.3 Å². The van der Waals surface area contributed by atoms with Crippen molar-refractivity contribution >= 4 is 38.9 Å². The Hall–Kier alpha value is 0.430. The van der Waals surface area contributed by atoms with E-state index in [0.717, 1.165) is 34.2 Å². The molecule has 1 rings (SSSR count). The van der Waals surface area contributed by atoms with Crippen LogP contribution in [-0.4, -0.2) is 13.1 Å². The molecule has 0 spiro atoms. The quantitative estimate of drug-likeness (QED) is 0.715. The van der Waals surface area contributed by atoms with Gasteiger partial charge in [0.15, 0.2) is 0 Å². The minimum atomic E-state index is 0.743. The molecule has 16 heavy (non-hydrogen) atoms. The first-order valence-corrected chi connectivity index (χ1v) is 7.72. The minimum absolute atomic E-state index is 0.743. The average Bonchev–Trinajstić information content (AvgIpc) is 2.52. The van der Waals surface area contributed by atoms with Crippen molar-refractivity contribution < 1.29 is 0 Å². The standard InChI is InChI=1S/C12H19BrClNS/c1-9(2)8-15-6-4-3-5-10-7-11(13)12(14)16-10/h7,9,15H,3-6,8H2,1-2H3. The molecule has 0 unspecified atom stereocenters. The van der Waals surface area contributed by atoms with Crippen molar-refractivity contribution in [2.75, 3.05) is 13.1 Å². The van der Waals surface area contributed by atoms with Gasteiger partial charge in [-0.3, -0.25) is 0 Å². The highest BCUT2D eigenvalue weighted by Gasteiger charge is 2.03. The lowest BCUT2D eigenvalue weighted by molar-refractivity contribution is 0.536. The maximum absolute atomic E-state index is 5.99. The highest BCUT2D eigenvalue weighted by molar-refractivity contribution is 9.10. The smallest absolute Gasteiger partial charge is 0.107 e. The summed E-state index contributed by atoms with van der Waals surface area (Å²) in [6.07, 6.45) is 3.60. The summed E-state index contributed by atoms with van der Waals surface area (Å²) in [6.45, 7) is 6.71. The Kier molecular flexibility index (Phi) is 6.97. The molecule has 1 aromatic rings. The molecule has 0 radical (unpaired) electrons. The number of unbranched alkanes of at least 4 members (excludes halogenated alkanes) is 1. The maximum Gasteiger partial charge on any atom is 0.107 e. The third-order valence-corrected chi connectivity index (χ3v) is 4.81. The molecule has 0 aromatic carbocycles. The van der Waals surface area contributed by atoms with Gasteiger partial charge in [-0.2, -0.15) is 0 Å². The second kappa shape index (κ2) is 7.70. The highest BCUT2D eigenvalue weighted by atomic mass is 79.9. The molecule has 0 aliphatic heterocycles. The fourth-order valence-corrected chi connectivity index (χ4v) is 3.29. The van der Waals surface area contributed by atoms with Crippen LogP contribution in [0.1, 0.15) is 31.6 Å². The summed E-state index contributed by atoms with van der Waals surface area (Å²) in [4.78, 5) is 1.38. The topological polar surface area (TPSA) is 12.0 Å². The number of rotatable bonds is 7. The Labute approximate surface area is 116 Å². The summed E-state index contributed by atoms with van der Waals surface area (Å²) in [5.41, 5.74) is 0. The van der Waals surface area contributed by atoms with Crippen LogP contribution < -0.4 is 5.32 Å². The van der Waals surface area contributed by atoms with E-state index in [4.69, 9.17) is 11.6 Å². The van der Waals surface area contributed by atoms with Crippen LogP contribution in [0, 0.1) is 5.92 Å². The molecule has 0 aliphatic rings. The molecule has 4 heteroatoms. The SMILES string of the molecule is CC(C)CNCCCCc1cc(Br)c(Cl)s1. The number of thiophene rings is 1. The van der Waals surface area contributed by atoms with E-state index in [1.807, 2.05) is 0 Å². The molecule has 0 aliphatic carbocycles. The molecule has 1 heterocycles. The van der Waals surface area contributed by atoms with E-state index >= 15 is 0 Å². The second-order valence-corrected chi connectivity index (χ2v) is 6.98. The first kappa shape index (κ1) is 14.5. The number of aryl methyl sites for hydroxylation is 1. The molecule has 0 saturated heterocycles. The van der Waals surface area contributed by atoms with E-state index in [0.29, 0.717) is 0 Å². The fourth-order valence-electron chi connectivity index (χ4n) is 1.45. The van der Waals surface area contributed by atoms with Crippen LogP contribution in [0.5, 0.6) is 0 Å². The monoisotopic (exact) mass is 323 g/mol. The molecule has 1 nitrogen and oxygen atoms in total. The van der Waals surface area contributed by atoms with Crippen molar-refractivity contribution in [1.29, 1.82) is 0 Å². The zero-order valence-corrected chi connectivity index (χ0v) is 13.0. The van der Waals surface area contributed by atoms with Gasteiger partial charge in [0.05, 0.1) is 0 Å². The summed E-state index contributed by atoms with van der Waals surface area (Å²) >= 11 is 11.1. The van der Waals surface area contributed by atoms with Crippen molar-refractivity contribution in [3.8, 4) is 0 Å². The number of nitrogens with one attached hydrogen (secondary N) is 1. The maximum atomic E-state index is 5.99. The van der Waals surface area contributed by atoms with E-state index in [9.17, 15) is 0 Å². The van der Waals surface area contributed by atoms with E-state index in [1.54, 1.807) is 11.3 Å².